The zero-order chi connectivity index (χ0) is 19.0. The van der Waals surface area contributed by atoms with Crippen molar-refractivity contribution in [3.63, 3.8) is 0 Å². The molecule has 1 unspecified atom stereocenters. The molecule has 0 saturated carbocycles. The molecule has 0 spiro atoms. The minimum Gasteiger partial charge on any atom is -0.312 e. The van der Waals surface area contributed by atoms with Crippen molar-refractivity contribution in [1.29, 1.82) is 0 Å². The van der Waals surface area contributed by atoms with Crippen LogP contribution in [0.25, 0.3) is 11.3 Å². The largest absolute Gasteiger partial charge is 0.312 e. The van der Waals surface area contributed by atoms with Crippen LogP contribution in [0.15, 0.2) is 42.2 Å². The van der Waals surface area contributed by atoms with Crippen molar-refractivity contribution in [2.75, 3.05) is 6.54 Å². The van der Waals surface area contributed by atoms with Crippen LogP contribution in [0.2, 0.25) is 0 Å². The molecule has 142 valence electrons. The Kier molecular flexibility index (Phi) is 4.90. The number of allylic oxidation sites excluding steroid dienone is 2. The van der Waals surface area contributed by atoms with Gasteiger partial charge in [0.2, 0.25) is 0 Å². The molecule has 0 N–H and O–H groups in total. The first kappa shape index (κ1) is 18.0. The summed E-state index contributed by atoms with van der Waals surface area (Å²) in [4.78, 5) is 15.5. The van der Waals surface area contributed by atoms with Gasteiger partial charge >= 0.3 is 0 Å². The number of nitrogens with zero attached hydrogens (tertiary/aromatic N) is 3. The molecule has 4 heteroatoms. The molecule has 1 aliphatic heterocycles. The van der Waals surface area contributed by atoms with E-state index in [1.54, 1.807) is 6.20 Å². The Balaban J connectivity index is 1.72. The van der Waals surface area contributed by atoms with E-state index in [0.29, 0.717) is 17.4 Å². The number of benzene rings is 1. The van der Waals surface area contributed by atoms with Crippen LogP contribution < -0.4 is 0 Å². The molecular formula is C23H29N3O. The van der Waals surface area contributed by atoms with Crippen molar-refractivity contribution in [2.24, 2.45) is 13.0 Å². The lowest BCUT2D eigenvalue weighted by atomic mass is 9.84. The van der Waals surface area contributed by atoms with Gasteiger partial charge in [0.15, 0.2) is 0 Å². The van der Waals surface area contributed by atoms with Crippen LogP contribution in [0.5, 0.6) is 0 Å². The summed E-state index contributed by atoms with van der Waals surface area (Å²) in [6, 6.07) is 8.50. The maximum Gasteiger partial charge on any atom is 0.261 e. The molecule has 1 amide bonds. The van der Waals surface area contributed by atoms with Crippen LogP contribution >= 0.6 is 0 Å². The van der Waals surface area contributed by atoms with Gasteiger partial charge in [-0.25, -0.2) is 0 Å². The topological polar surface area (TPSA) is 38.1 Å². The molecule has 1 fully saturated rings. The van der Waals surface area contributed by atoms with Crippen molar-refractivity contribution in [3.8, 4) is 11.3 Å². The van der Waals surface area contributed by atoms with Crippen molar-refractivity contribution >= 4 is 5.91 Å². The van der Waals surface area contributed by atoms with Gasteiger partial charge in [0.25, 0.3) is 5.91 Å². The van der Waals surface area contributed by atoms with Gasteiger partial charge in [-0.15, -0.1) is 0 Å². The molecule has 2 heterocycles. The molecule has 0 radical (unpaired) electrons. The Bertz CT molecular complexity index is 877. The maximum absolute atomic E-state index is 13.5. The number of rotatable bonds is 3. The maximum atomic E-state index is 13.5. The molecule has 1 atom stereocenters. The fraction of sp³-hybridized carbons (Fsp3) is 0.478. The second kappa shape index (κ2) is 7.34. The normalized spacial score (nSPS) is 19.8. The molecular weight excluding hydrogens is 334 g/mol. The standard InChI is InChI=1S/C23H29N3O/c1-16(2)18-9-6-10-19(14-18)22-20(15-24-25(22)3)23(27)26-13-7-11-17-8-4-5-12-21(17)26/h6,9-10,12,14-17H,4-5,7-8,11,13H2,1-3H3. The minimum atomic E-state index is 0.103. The third kappa shape index (κ3) is 3.33. The summed E-state index contributed by atoms with van der Waals surface area (Å²) >= 11 is 0. The highest BCUT2D eigenvalue weighted by atomic mass is 16.2. The monoisotopic (exact) mass is 363 g/mol. The van der Waals surface area contributed by atoms with E-state index in [0.717, 1.165) is 30.6 Å². The van der Waals surface area contributed by atoms with Crippen molar-refractivity contribution < 1.29 is 4.79 Å². The fourth-order valence-electron chi connectivity index (χ4n) is 4.52. The lowest BCUT2D eigenvalue weighted by Gasteiger charge is -2.38. The van der Waals surface area contributed by atoms with E-state index in [1.807, 2.05) is 16.6 Å². The minimum absolute atomic E-state index is 0.103. The van der Waals surface area contributed by atoms with Crippen LogP contribution in [-0.2, 0) is 7.05 Å². The number of carbonyl (C=O) groups excluding carboxylic acids is 1. The van der Waals surface area contributed by atoms with Gasteiger partial charge in [-0.05, 0) is 55.6 Å². The second-order valence-electron chi connectivity index (χ2n) is 8.17. The highest BCUT2D eigenvalue weighted by Crippen LogP contribution is 2.37. The summed E-state index contributed by atoms with van der Waals surface area (Å²) in [5.74, 6) is 1.11. The Labute approximate surface area is 161 Å². The molecule has 2 aliphatic rings. The molecule has 1 saturated heterocycles. The number of amides is 1. The summed E-state index contributed by atoms with van der Waals surface area (Å²) in [7, 11) is 1.92. The summed E-state index contributed by atoms with van der Waals surface area (Å²) in [6.07, 6.45) is 9.89. The molecule has 1 aromatic carbocycles. The van der Waals surface area contributed by atoms with Crippen LogP contribution in [0.3, 0.4) is 0 Å². The van der Waals surface area contributed by atoms with Crippen LogP contribution in [0, 0.1) is 5.92 Å². The molecule has 4 rings (SSSR count). The Morgan fingerprint density at radius 1 is 1.22 bits per heavy atom. The highest BCUT2D eigenvalue weighted by Gasteiger charge is 2.32. The van der Waals surface area contributed by atoms with Gasteiger partial charge in [0, 0.05) is 24.9 Å². The quantitative estimate of drug-likeness (QED) is 0.758. The lowest BCUT2D eigenvalue weighted by Crippen LogP contribution is -2.39. The van der Waals surface area contributed by atoms with E-state index < -0.39 is 0 Å². The molecule has 2 aromatic rings. The van der Waals surface area contributed by atoms with Crippen LogP contribution in [0.4, 0.5) is 0 Å². The first-order chi connectivity index (χ1) is 13.1. The summed E-state index contributed by atoms with van der Waals surface area (Å²) < 4.78 is 1.84. The number of aryl methyl sites for hydroxylation is 1. The molecule has 4 nitrogen and oxygen atoms in total. The number of carbonyl (C=O) groups is 1. The van der Waals surface area contributed by atoms with Crippen molar-refractivity contribution in [1.82, 2.24) is 14.7 Å². The van der Waals surface area contributed by atoms with E-state index in [-0.39, 0.29) is 5.91 Å². The third-order valence-corrected chi connectivity index (χ3v) is 6.02. The number of piperidine rings is 1. The number of hydrogen-bond donors (Lipinski definition) is 0. The predicted molar refractivity (Wildman–Crippen MR) is 108 cm³/mol. The summed E-state index contributed by atoms with van der Waals surface area (Å²) in [5.41, 5.74) is 5.23. The average Bonchev–Trinajstić information content (AvgIpc) is 3.08. The van der Waals surface area contributed by atoms with Gasteiger partial charge in [0.05, 0.1) is 17.5 Å². The molecule has 27 heavy (non-hydrogen) atoms. The summed E-state index contributed by atoms with van der Waals surface area (Å²) in [5, 5.41) is 4.44. The number of likely N-dealkylation sites (tertiary alicyclic amines) is 1. The third-order valence-electron chi connectivity index (χ3n) is 6.02. The van der Waals surface area contributed by atoms with Gasteiger partial charge in [-0.3, -0.25) is 9.48 Å². The SMILES string of the molecule is CC(C)c1cccc(-c2c(C(=O)N3CCCC4CCCC=C43)cnn2C)c1. The zero-order valence-electron chi connectivity index (χ0n) is 16.6. The smallest absolute Gasteiger partial charge is 0.261 e. The number of aromatic nitrogens is 2. The van der Waals surface area contributed by atoms with E-state index in [2.05, 4.69) is 49.3 Å². The average molecular weight is 364 g/mol. The first-order valence-electron chi connectivity index (χ1n) is 10.2. The fourth-order valence-corrected chi connectivity index (χ4v) is 4.52. The second-order valence-corrected chi connectivity index (χ2v) is 8.17. The Hall–Kier alpha value is -2.36. The highest BCUT2D eigenvalue weighted by molar-refractivity contribution is 6.01. The molecule has 1 aliphatic carbocycles. The lowest BCUT2D eigenvalue weighted by molar-refractivity contribution is 0.0749. The Morgan fingerprint density at radius 3 is 2.85 bits per heavy atom. The molecule has 1 aromatic heterocycles. The first-order valence-corrected chi connectivity index (χ1v) is 10.2. The van der Waals surface area contributed by atoms with Gasteiger partial charge < -0.3 is 4.90 Å². The summed E-state index contributed by atoms with van der Waals surface area (Å²) in [6.45, 7) is 5.21. The number of hydrogen-bond acceptors (Lipinski definition) is 2. The zero-order valence-corrected chi connectivity index (χ0v) is 16.6. The van der Waals surface area contributed by atoms with Gasteiger partial charge in [0.1, 0.15) is 0 Å². The van der Waals surface area contributed by atoms with Gasteiger partial charge in [-0.2, -0.15) is 5.10 Å². The van der Waals surface area contributed by atoms with E-state index >= 15 is 0 Å². The Morgan fingerprint density at radius 2 is 2.04 bits per heavy atom. The van der Waals surface area contributed by atoms with E-state index in [9.17, 15) is 4.79 Å². The van der Waals surface area contributed by atoms with E-state index in [4.69, 9.17) is 0 Å². The van der Waals surface area contributed by atoms with E-state index in [1.165, 1.54) is 30.5 Å². The van der Waals surface area contributed by atoms with Gasteiger partial charge in [-0.1, -0.05) is 38.1 Å². The van der Waals surface area contributed by atoms with Crippen molar-refractivity contribution in [3.05, 3.63) is 53.4 Å². The molecule has 0 bridgehead atoms. The van der Waals surface area contributed by atoms with Crippen LogP contribution in [0.1, 0.15) is 67.8 Å². The number of fused-ring (bicyclic) bond motifs is 1. The van der Waals surface area contributed by atoms with Crippen LogP contribution in [-0.4, -0.2) is 27.1 Å². The predicted octanol–water partition coefficient (Wildman–Crippen LogP) is 5.13. The van der Waals surface area contributed by atoms with Crippen molar-refractivity contribution in [2.45, 2.75) is 51.9 Å².